The lowest BCUT2D eigenvalue weighted by atomic mass is 10.1. The summed E-state index contributed by atoms with van der Waals surface area (Å²) in [5.74, 6) is 1.68. The number of aryl methyl sites for hydroxylation is 1. The molecule has 1 atom stereocenters. The monoisotopic (exact) mass is 414 g/mol. The fourth-order valence-corrected chi connectivity index (χ4v) is 4.01. The average Bonchev–Trinajstić information content (AvgIpc) is 2.73. The third-order valence-corrected chi connectivity index (χ3v) is 5.71. The normalized spacial score (nSPS) is 11.6. The first kappa shape index (κ1) is 22.8. The smallest absolute Gasteiger partial charge is 0.242 e. The first-order valence-electron chi connectivity index (χ1n) is 9.75. The zero-order valence-electron chi connectivity index (χ0n) is 17.6. The van der Waals surface area contributed by atoms with Crippen molar-refractivity contribution >= 4 is 23.6 Å². The number of benzene rings is 2. The van der Waals surface area contributed by atoms with Crippen LogP contribution in [0.2, 0.25) is 0 Å². The summed E-state index contributed by atoms with van der Waals surface area (Å²) in [6.07, 6.45) is 0.560. The van der Waals surface area contributed by atoms with Gasteiger partial charge in [0.1, 0.15) is 11.8 Å². The molecule has 0 radical (unpaired) electrons. The van der Waals surface area contributed by atoms with Crippen LogP contribution >= 0.6 is 11.8 Å². The SMILES string of the molecule is CCC(C(=O)NC)N(Cc1ccc(OC)cc1)C(=O)CSCc1cccc(C)c1. The molecule has 0 aliphatic rings. The van der Waals surface area contributed by atoms with E-state index in [9.17, 15) is 9.59 Å². The summed E-state index contributed by atoms with van der Waals surface area (Å²) in [6.45, 7) is 4.37. The Morgan fingerprint density at radius 3 is 2.45 bits per heavy atom. The van der Waals surface area contributed by atoms with Crippen molar-refractivity contribution in [2.75, 3.05) is 19.9 Å². The largest absolute Gasteiger partial charge is 0.497 e. The molecule has 2 aromatic rings. The molecule has 0 bridgehead atoms. The Balaban J connectivity index is 2.09. The van der Waals surface area contributed by atoms with Crippen molar-refractivity contribution in [3.63, 3.8) is 0 Å². The lowest BCUT2D eigenvalue weighted by molar-refractivity contribution is -0.139. The van der Waals surface area contributed by atoms with Gasteiger partial charge in [0.25, 0.3) is 0 Å². The van der Waals surface area contributed by atoms with Crippen LogP contribution in [0, 0.1) is 6.92 Å². The summed E-state index contributed by atoms with van der Waals surface area (Å²) in [7, 11) is 3.22. The Kier molecular flexibility index (Phi) is 9.06. The number of amides is 2. The molecule has 2 aromatic carbocycles. The van der Waals surface area contributed by atoms with E-state index in [2.05, 4.69) is 30.4 Å². The van der Waals surface area contributed by atoms with Gasteiger partial charge in [0.15, 0.2) is 0 Å². The van der Waals surface area contributed by atoms with E-state index in [1.807, 2.05) is 37.3 Å². The third kappa shape index (κ3) is 6.82. The van der Waals surface area contributed by atoms with Gasteiger partial charge in [0.2, 0.25) is 11.8 Å². The van der Waals surface area contributed by atoms with E-state index in [1.165, 1.54) is 11.1 Å². The zero-order valence-corrected chi connectivity index (χ0v) is 18.4. The number of hydrogen-bond acceptors (Lipinski definition) is 4. The summed E-state index contributed by atoms with van der Waals surface area (Å²) in [5.41, 5.74) is 3.37. The highest BCUT2D eigenvalue weighted by Crippen LogP contribution is 2.19. The number of nitrogens with one attached hydrogen (secondary N) is 1. The predicted octanol–water partition coefficient (Wildman–Crippen LogP) is 3.79. The highest BCUT2D eigenvalue weighted by molar-refractivity contribution is 7.99. The lowest BCUT2D eigenvalue weighted by Crippen LogP contribution is -2.48. The Morgan fingerprint density at radius 2 is 1.86 bits per heavy atom. The second kappa shape index (κ2) is 11.5. The Hall–Kier alpha value is -2.47. The molecule has 0 heterocycles. The van der Waals surface area contributed by atoms with E-state index < -0.39 is 6.04 Å². The van der Waals surface area contributed by atoms with Crippen molar-refractivity contribution in [1.82, 2.24) is 10.2 Å². The van der Waals surface area contributed by atoms with E-state index in [0.29, 0.717) is 18.7 Å². The van der Waals surface area contributed by atoms with Gasteiger partial charge in [0, 0.05) is 19.3 Å². The quantitative estimate of drug-likeness (QED) is 0.643. The first-order valence-corrected chi connectivity index (χ1v) is 10.9. The molecule has 5 nitrogen and oxygen atoms in total. The number of carbonyl (C=O) groups excluding carboxylic acids is 2. The van der Waals surface area contributed by atoms with Gasteiger partial charge < -0.3 is 15.0 Å². The number of rotatable bonds is 10. The molecule has 0 spiro atoms. The third-order valence-electron chi connectivity index (χ3n) is 4.72. The number of nitrogens with zero attached hydrogens (tertiary/aromatic N) is 1. The second-order valence-corrected chi connectivity index (χ2v) is 7.88. The molecule has 1 unspecified atom stereocenters. The summed E-state index contributed by atoms with van der Waals surface area (Å²) >= 11 is 1.57. The first-order chi connectivity index (χ1) is 14.0. The Bertz CT molecular complexity index is 808. The van der Waals surface area contributed by atoms with Gasteiger partial charge in [-0.3, -0.25) is 9.59 Å². The minimum Gasteiger partial charge on any atom is -0.497 e. The fourth-order valence-electron chi connectivity index (χ4n) is 3.15. The molecule has 29 heavy (non-hydrogen) atoms. The van der Waals surface area contributed by atoms with Crippen LogP contribution in [0.3, 0.4) is 0 Å². The maximum absolute atomic E-state index is 13.0. The molecule has 0 saturated carbocycles. The summed E-state index contributed by atoms with van der Waals surface area (Å²) in [4.78, 5) is 27.1. The predicted molar refractivity (Wildman–Crippen MR) is 119 cm³/mol. The molecule has 0 fully saturated rings. The van der Waals surface area contributed by atoms with Crippen LogP contribution < -0.4 is 10.1 Å². The van der Waals surface area contributed by atoms with E-state index in [-0.39, 0.29) is 11.8 Å². The number of methoxy groups -OCH3 is 1. The van der Waals surface area contributed by atoms with Crippen LogP contribution in [0.4, 0.5) is 0 Å². The van der Waals surface area contributed by atoms with Crippen molar-refractivity contribution in [2.45, 2.75) is 38.6 Å². The molecule has 156 valence electrons. The van der Waals surface area contributed by atoms with Gasteiger partial charge in [-0.05, 0) is 36.6 Å². The van der Waals surface area contributed by atoms with Gasteiger partial charge in [0.05, 0.1) is 12.9 Å². The van der Waals surface area contributed by atoms with Crippen molar-refractivity contribution in [3.8, 4) is 5.75 Å². The lowest BCUT2D eigenvalue weighted by Gasteiger charge is -2.30. The van der Waals surface area contributed by atoms with Gasteiger partial charge >= 0.3 is 0 Å². The van der Waals surface area contributed by atoms with Crippen molar-refractivity contribution in [3.05, 3.63) is 65.2 Å². The highest BCUT2D eigenvalue weighted by Gasteiger charge is 2.27. The van der Waals surface area contributed by atoms with E-state index in [1.54, 1.807) is 30.8 Å². The molecule has 0 aliphatic carbocycles. The summed E-state index contributed by atoms with van der Waals surface area (Å²) in [6, 6.07) is 15.4. The molecule has 0 aromatic heterocycles. The van der Waals surface area contributed by atoms with E-state index in [0.717, 1.165) is 17.1 Å². The van der Waals surface area contributed by atoms with Crippen LogP contribution in [0.5, 0.6) is 5.75 Å². The van der Waals surface area contributed by atoms with Crippen molar-refractivity contribution in [2.24, 2.45) is 0 Å². The van der Waals surface area contributed by atoms with Gasteiger partial charge in [-0.1, -0.05) is 48.9 Å². The molecule has 0 saturated heterocycles. The average molecular weight is 415 g/mol. The minimum absolute atomic E-state index is 0.0334. The second-order valence-electron chi connectivity index (χ2n) is 6.89. The topological polar surface area (TPSA) is 58.6 Å². The van der Waals surface area contributed by atoms with Crippen LogP contribution in [0.25, 0.3) is 0 Å². The summed E-state index contributed by atoms with van der Waals surface area (Å²) in [5, 5.41) is 2.68. The molecular weight excluding hydrogens is 384 g/mol. The Morgan fingerprint density at radius 1 is 1.14 bits per heavy atom. The van der Waals surface area contributed by atoms with Crippen molar-refractivity contribution in [1.29, 1.82) is 0 Å². The van der Waals surface area contributed by atoms with E-state index in [4.69, 9.17) is 4.74 Å². The number of thioether (sulfide) groups is 1. The maximum Gasteiger partial charge on any atom is 0.242 e. The number of hydrogen-bond donors (Lipinski definition) is 1. The molecule has 2 rings (SSSR count). The highest BCUT2D eigenvalue weighted by atomic mass is 32.2. The minimum atomic E-state index is -0.492. The van der Waals surface area contributed by atoms with Gasteiger partial charge in [-0.15, -0.1) is 11.8 Å². The van der Waals surface area contributed by atoms with E-state index >= 15 is 0 Å². The molecule has 1 N–H and O–H groups in total. The van der Waals surface area contributed by atoms with Crippen molar-refractivity contribution < 1.29 is 14.3 Å². The summed E-state index contributed by atoms with van der Waals surface area (Å²) < 4.78 is 5.20. The zero-order chi connectivity index (χ0) is 21.2. The van der Waals surface area contributed by atoms with Gasteiger partial charge in [-0.2, -0.15) is 0 Å². The van der Waals surface area contributed by atoms with Crippen LogP contribution in [0.1, 0.15) is 30.0 Å². The standard InChI is InChI=1S/C23H30N2O3S/c1-5-21(23(27)24-3)25(14-18-9-11-20(28-4)12-10-18)22(26)16-29-15-19-8-6-7-17(2)13-19/h6-13,21H,5,14-16H2,1-4H3,(H,24,27). The van der Waals surface area contributed by atoms with Crippen LogP contribution in [-0.4, -0.2) is 42.7 Å². The molecule has 6 heteroatoms. The molecule has 2 amide bonds. The fraction of sp³-hybridized carbons (Fsp3) is 0.391. The van der Waals surface area contributed by atoms with Crippen LogP contribution in [-0.2, 0) is 21.9 Å². The maximum atomic E-state index is 13.0. The number of carbonyl (C=O) groups is 2. The Labute approximate surface area is 177 Å². The van der Waals surface area contributed by atoms with Gasteiger partial charge in [-0.25, -0.2) is 0 Å². The molecule has 0 aliphatic heterocycles. The number of ether oxygens (including phenoxy) is 1. The molecular formula is C23H30N2O3S. The van der Waals surface area contributed by atoms with Crippen LogP contribution in [0.15, 0.2) is 48.5 Å². The number of likely N-dealkylation sites (N-methyl/N-ethyl adjacent to an activating group) is 1.